The molecule has 28 heavy (non-hydrogen) atoms. The summed E-state index contributed by atoms with van der Waals surface area (Å²) in [5.74, 6) is 0. The van der Waals surface area contributed by atoms with Gasteiger partial charge in [-0.3, -0.25) is 0 Å². The molecule has 6 heteroatoms. The first-order valence-electron chi connectivity index (χ1n) is 9.71. The molecule has 0 aromatic heterocycles. The number of nitrogens with one attached hydrogen (secondary N) is 1. The van der Waals surface area contributed by atoms with Crippen LogP contribution in [0.5, 0.6) is 0 Å². The Kier molecular flexibility index (Phi) is 6.45. The van der Waals surface area contributed by atoms with Crippen molar-refractivity contribution in [1.82, 2.24) is 4.72 Å². The maximum atomic E-state index is 13.2. The Balaban J connectivity index is 2.01. The van der Waals surface area contributed by atoms with E-state index in [9.17, 15) is 8.42 Å². The molecule has 0 heterocycles. The average molecular weight is 488 g/mol. The van der Waals surface area contributed by atoms with E-state index in [0.717, 1.165) is 31.2 Å². The minimum absolute atomic E-state index is 0.167. The van der Waals surface area contributed by atoms with Gasteiger partial charge in [0.15, 0.2) is 0 Å². The van der Waals surface area contributed by atoms with Gasteiger partial charge < -0.3 is 0 Å². The fraction of sp³-hybridized carbons (Fsp3) is 0.455. The van der Waals surface area contributed by atoms with Crippen LogP contribution in [0.2, 0.25) is 0 Å². The van der Waals surface area contributed by atoms with E-state index in [1.807, 2.05) is 19.1 Å². The standard InChI is InChI=1S/C13H19N2O2S.C9H11.Ru/c1-10-6-8-11(9-7-10)18(16,17)15-13-5-3-2-4-12(13)14;1-7-4-8(2)6-9(3)5-7;/h6-9,12,15H,2-5,14H2,1H3;4-5H,1-3H3;. The van der Waals surface area contributed by atoms with Crippen LogP contribution in [0.4, 0.5) is 0 Å². The Morgan fingerprint density at radius 3 is 2.18 bits per heavy atom. The van der Waals surface area contributed by atoms with Crippen LogP contribution < -0.4 is 14.6 Å². The Labute approximate surface area is 177 Å². The SMILES string of the molecule is Cc1ccc(S(=O)(=O)N[C]2([Ru][c]3c(C)cc(C)cc3C)CCCCC2N)cc1. The summed E-state index contributed by atoms with van der Waals surface area (Å²) in [4.78, 5) is 0.313. The van der Waals surface area contributed by atoms with Gasteiger partial charge >= 0.3 is 177 Å². The Morgan fingerprint density at radius 2 is 1.61 bits per heavy atom. The van der Waals surface area contributed by atoms with Gasteiger partial charge in [-0.05, 0) is 0 Å². The van der Waals surface area contributed by atoms with Crippen molar-refractivity contribution in [2.75, 3.05) is 0 Å². The van der Waals surface area contributed by atoms with Crippen LogP contribution in [0.25, 0.3) is 0 Å². The molecule has 1 fully saturated rings. The van der Waals surface area contributed by atoms with E-state index in [1.54, 1.807) is 12.1 Å². The molecule has 1 aliphatic rings. The maximum absolute atomic E-state index is 13.2. The number of nitrogens with two attached hydrogens (primary N) is 1. The van der Waals surface area contributed by atoms with Crippen LogP contribution in [0.15, 0.2) is 41.3 Å². The van der Waals surface area contributed by atoms with Gasteiger partial charge in [-0.25, -0.2) is 0 Å². The van der Waals surface area contributed by atoms with Crippen LogP contribution in [-0.2, 0) is 27.1 Å². The molecular formula is C22H30N2O2RuS. The molecule has 0 saturated heterocycles. The summed E-state index contributed by atoms with van der Waals surface area (Å²) in [7, 11) is -3.63. The van der Waals surface area contributed by atoms with Gasteiger partial charge in [0.25, 0.3) is 0 Å². The Hall–Kier alpha value is -1.07. The number of rotatable bonds is 5. The molecule has 2 aromatic carbocycles. The zero-order valence-electron chi connectivity index (χ0n) is 17.0. The van der Waals surface area contributed by atoms with E-state index in [-0.39, 0.29) is 6.04 Å². The van der Waals surface area contributed by atoms with Crippen molar-refractivity contribution in [3.8, 4) is 0 Å². The van der Waals surface area contributed by atoms with Crippen LogP contribution >= 0.6 is 0 Å². The number of hydrogen-bond acceptors (Lipinski definition) is 3. The van der Waals surface area contributed by atoms with Gasteiger partial charge in [-0.15, -0.1) is 0 Å². The van der Waals surface area contributed by atoms with E-state index >= 15 is 0 Å². The van der Waals surface area contributed by atoms with Gasteiger partial charge in [0, 0.05) is 0 Å². The van der Waals surface area contributed by atoms with Crippen molar-refractivity contribution in [2.24, 2.45) is 5.73 Å². The monoisotopic (exact) mass is 488 g/mol. The number of aryl methyl sites for hydroxylation is 4. The molecule has 154 valence electrons. The van der Waals surface area contributed by atoms with Crippen LogP contribution in [0.1, 0.15) is 47.9 Å². The zero-order chi connectivity index (χ0) is 20.5. The molecule has 1 aliphatic carbocycles. The number of hydrogen-bond donors (Lipinski definition) is 2. The van der Waals surface area contributed by atoms with Crippen molar-refractivity contribution in [3.05, 3.63) is 58.7 Å². The zero-order valence-corrected chi connectivity index (χ0v) is 19.6. The first-order chi connectivity index (χ1) is 13.1. The van der Waals surface area contributed by atoms with Crippen molar-refractivity contribution in [1.29, 1.82) is 0 Å². The molecule has 2 atom stereocenters. The van der Waals surface area contributed by atoms with Gasteiger partial charge in [0.05, 0.1) is 0 Å². The van der Waals surface area contributed by atoms with Crippen molar-refractivity contribution in [2.45, 2.75) is 68.4 Å². The number of sulfonamides is 1. The molecule has 0 spiro atoms. The Morgan fingerprint density at radius 1 is 1.00 bits per heavy atom. The first kappa shape index (κ1) is 21.6. The number of benzene rings is 2. The molecule has 4 nitrogen and oxygen atoms in total. The van der Waals surface area contributed by atoms with E-state index in [1.165, 1.54) is 20.8 Å². The summed E-state index contributed by atoms with van der Waals surface area (Å²) in [6.07, 6.45) is 3.71. The summed E-state index contributed by atoms with van der Waals surface area (Å²) < 4.78 is 30.3. The van der Waals surface area contributed by atoms with Crippen LogP contribution in [-0.4, -0.2) is 18.6 Å². The molecule has 1 saturated carbocycles. The Bertz CT molecular complexity index is 934. The minimum atomic E-state index is -3.63. The van der Waals surface area contributed by atoms with Crippen LogP contribution in [0.3, 0.4) is 0 Å². The van der Waals surface area contributed by atoms with Gasteiger partial charge in [-0.2, -0.15) is 0 Å². The van der Waals surface area contributed by atoms with E-state index in [0.29, 0.717) is 4.90 Å². The second-order valence-corrected chi connectivity index (χ2v) is 12.4. The summed E-state index contributed by atoms with van der Waals surface area (Å²) in [5, 5.41) is 0. The first-order valence-corrected chi connectivity index (χ1v) is 12.9. The normalized spacial score (nSPS) is 23.1. The third kappa shape index (κ3) is 4.57. The summed E-state index contributed by atoms with van der Waals surface area (Å²) in [5.41, 5.74) is 11.4. The van der Waals surface area contributed by atoms with Gasteiger partial charge in [0.1, 0.15) is 0 Å². The third-order valence-corrected chi connectivity index (χ3v) is 11.0. The van der Waals surface area contributed by atoms with Crippen molar-refractivity contribution < 1.29 is 25.5 Å². The predicted molar refractivity (Wildman–Crippen MR) is 111 cm³/mol. The fourth-order valence-electron chi connectivity index (χ4n) is 3.86. The molecule has 0 bridgehead atoms. The average Bonchev–Trinajstić information content (AvgIpc) is 2.61. The van der Waals surface area contributed by atoms with Crippen molar-refractivity contribution >= 4 is 14.2 Å². The quantitative estimate of drug-likeness (QED) is 0.637. The second kappa shape index (κ2) is 8.35. The molecule has 3 N–H and O–H groups in total. The third-order valence-electron chi connectivity index (χ3n) is 5.32. The fourth-order valence-corrected chi connectivity index (χ4v) is 8.98. The van der Waals surface area contributed by atoms with Gasteiger partial charge in [-0.1, -0.05) is 0 Å². The van der Waals surface area contributed by atoms with Crippen molar-refractivity contribution in [3.63, 3.8) is 0 Å². The van der Waals surface area contributed by atoms with Crippen LogP contribution in [0, 0.1) is 27.7 Å². The van der Waals surface area contributed by atoms with E-state index < -0.39 is 31.3 Å². The van der Waals surface area contributed by atoms with E-state index in [2.05, 4.69) is 37.6 Å². The summed E-state index contributed by atoms with van der Waals surface area (Å²) in [6, 6.07) is 11.2. The second-order valence-electron chi connectivity index (χ2n) is 7.90. The molecule has 0 aliphatic heterocycles. The molecular weight excluding hydrogens is 457 g/mol. The molecule has 2 unspecified atom stereocenters. The topological polar surface area (TPSA) is 72.2 Å². The van der Waals surface area contributed by atoms with E-state index in [4.69, 9.17) is 5.73 Å². The molecule has 3 rings (SSSR count). The molecule has 0 radical (unpaired) electrons. The van der Waals surface area contributed by atoms with Gasteiger partial charge in [0.2, 0.25) is 0 Å². The molecule has 0 amide bonds. The summed E-state index contributed by atoms with van der Waals surface area (Å²) in [6.45, 7) is 8.30. The molecule has 2 aromatic rings. The predicted octanol–water partition coefficient (Wildman–Crippen LogP) is 3.20. The summed E-state index contributed by atoms with van der Waals surface area (Å²) >= 11 is -0.425.